The molecule has 0 bridgehead atoms. The van der Waals surface area contributed by atoms with Crippen molar-refractivity contribution in [2.45, 2.75) is 77.9 Å². The highest BCUT2D eigenvalue weighted by atomic mass is 15.1. The van der Waals surface area contributed by atoms with Crippen LogP contribution in [0.2, 0.25) is 0 Å². The molecule has 1 aromatic heterocycles. The predicted molar refractivity (Wildman–Crippen MR) is 80.1 cm³/mol. The highest BCUT2D eigenvalue weighted by Crippen LogP contribution is 2.31. The number of nitrogens with one attached hydrogen (secondary N) is 1. The Kier molecular flexibility index (Phi) is 4.67. The van der Waals surface area contributed by atoms with Crippen LogP contribution in [0.4, 0.5) is 0 Å². The molecule has 0 radical (unpaired) electrons. The van der Waals surface area contributed by atoms with Gasteiger partial charge < -0.3 is 9.88 Å². The number of rotatable bonds is 3. The summed E-state index contributed by atoms with van der Waals surface area (Å²) in [7, 11) is 0. The van der Waals surface area contributed by atoms with Gasteiger partial charge in [-0.2, -0.15) is 0 Å². The van der Waals surface area contributed by atoms with E-state index < -0.39 is 0 Å². The van der Waals surface area contributed by atoms with Crippen LogP contribution in [0.15, 0.2) is 12.5 Å². The van der Waals surface area contributed by atoms with E-state index in [0.717, 1.165) is 12.5 Å². The van der Waals surface area contributed by atoms with E-state index in [-0.39, 0.29) is 5.54 Å². The largest absolute Gasteiger partial charge is 0.330 e. The Balaban J connectivity index is 2.02. The molecule has 0 amide bonds. The van der Waals surface area contributed by atoms with Crippen LogP contribution in [0.3, 0.4) is 0 Å². The van der Waals surface area contributed by atoms with E-state index in [1.165, 1.54) is 37.8 Å². The molecule has 1 aliphatic carbocycles. The lowest BCUT2D eigenvalue weighted by Crippen LogP contribution is -2.35. The molecule has 1 fully saturated rings. The van der Waals surface area contributed by atoms with Gasteiger partial charge in [0.25, 0.3) is 0 Å². The molecule has 1 N–H and O–H groups in total. The molecule has 2 rings (SSSR count). The molecular weight excluding hydrogens is 234 g/mol. The van der Waals surface area contributed by atoms with Gasteiger partial charge >= 0.3 is 0 Å². The lowest BCUT2D eigenvalue weighted by atomic mass is 10.0. The Morgan fingerprint density at radius 3 is 2.79 bits per heavy atom. The number of nitrogens with zero attached hydrogens (tertiary/aromatic N) is 2. The third-order valence-corrected chi connectivity index (χ3v) is 4.17. The Hall–Kier alpha value is -0.830. The highest BCUT2D eigenvalue weighted by molar-refractivity contribution is 5.01. The zero-order valence-corrected chi connectivity index (χ0v) is 12.9. The molecule has 3 heteroatoms. The van der Waals surface area contributed by atoms with Crippen molar-refractivity contribution in [1.82, 2.24) is 14.9 Å². The molecule has 19 heavy (non-hydrogen) atoms. The summed E-state index contributed by atoms with van der Waals surface area (Å²) in [6.07, 6.45) is 10.8. The van der Waals surface area contributed by atoms with Crippen LogP contribution in [-0.2, 0) is 6.54 Å². The minimum Gasteiger partial charge on any atom is -0.330 e. The fourth-order valence-corrected chi connectivity index (χ4v) is 2.90. The van der Waals surface area contributed by atoms with Crippen molar-refractivity contribution in [3.05, 3.63) is 18.2 Å². The quantitative estimate of drug-likeness (QED) is 0.838. The number of hydrogen-bond donors (Lipinski definition) is 1. The Morgan fingerprint density at radius 1 is 1.26 bits per heavy atom. The van der Waals surface area contributed by atoms with E-state index in [9.17, 15) is 0 Å². The molecule has 2 unspecified atom stereocenters. The van der Waals surface area contributed by atoms with E-state index in [0.29, 0.717) is 6.04 Å². The molecule has 0 aliphatic heterocycles. The molecule has 0 aromatic carbocycles. The van der Waals surface area contributed by atoms with E-state index in [1.54, 1.807) is 0 Å². The maximum Gasteiger partial charge on any atom is 0.0951 e. The summed E-state index contributed by atoms with van der Waals surface area (Å²) in [5.74, 6) is 0.893. The van der Waals surface area contributed by atoms with Gasteiger partial charge in [0, 0.05) is 24.3 Å². The second-order valence-electron chi connectivity index (χ2n) is 7.16. The second-order valence-corrected chi connectivity index (χ2v) is 7.16. The third-order valence-electron chi connectivity index (χ3n) is 4.17. The van der Waals surface area contributed by atoms with Crippen molar-refractivity contribution in [2.24, 2.45) is 5.92 Å². The standard InChI is InChI=1S/C16H29N3/c1-13-6-5-7-14(9-8-13)19-12-17-10-15(19)11-18-16(2,3)4/h10,12-14,18H,5-9,11H2,1-4H3. The Labute approximate surface area is 117 Å². The fourth-order valence-electron chi connectivity index (χ4n) is 2.90. The van der Waals surface area contributed by atoms with Gasteiger partial charge in [0.2, 0.25) is 0 Å². The highest BCUT2D eigenvalue weighted by Gasteiger charge is 2.20. The van der Waals surface area contributed by atoms with Crippen molar-refractivity contribution in [3.63, 3.8) is 0 Å². The summed E-state index contributed by atoms with van der Waals surface area (Å²) in [6, 6.07) is 0.657. The van der Waals surface area contributed by atoms with Crippen LogP contribution in [0.5, 0.6) is 0 Å². The molecule has 0 saturated heterocycles. The molecule has 108 valence electrons. The summed E-state index contributed by atoms with van der Waals surface area (Å²) in [5, 5.41) is 3.57. The van der Waals surface area contributed by atoms with Crippen molar-refractivity contribution in [2.75, 3.05) is 0 Å². The molecule has 3 nitrogen and oxygen atoms in total. The van der Waals surface area contributed by atoms with Gasteiger partial charge in [-0.25, -0.2) is 4.98 Å². The first-order chi connectivity index (χ1) is 8.96. The van der Waals surface area contributed by atoms with Crippen LogP contribution in [0.25, 0.3) is 0 Å². The van der Waals surface area contributed by atoms with Gasteiger partial charge in [0.1, 0.15) is 0 Å². The first-order valence-electron chi connectivity index (χ1n) is 7.71. The van der Waals surface area contributed by atoms with Crippen molar-refractivity contribution in [3.8, 4) is 0 Å². The van der Waals surface area contributed by atoms with E-state index in [1.807, 2.05) is 12.5 Å². The van der Waals surface area contributed by atoms with Gasteiger partial charge in [-0.3, -0.25) is 0 Å². The topological polar surface area (TPSA) is 29.9 Å². The molecule has 2 atom stereocenters. The average Bonchev–Trinajstić information content (AvgIpc) is 2.68. The molecule has 1 saturated carbocycles. The van der Waals surface area contributed by atoms with Gasteiger partial charge in [0.15, 0.2) is 0 Å². The number of hydrogen-bond acceptors (Lipinski definition) is 2. The van der Waals surface area contributed by atoms with Crippen molar-refractivity contribution >= 4 is 0 Å². The van der Waals surface area contributed by atoms with E-state index in [4.69, 9.17) is 0 Å². The molecular formula is C16H29N3. The second kappa shape index (κ2) is 6.08. The summed E-state index contributed by atoms with van der Waals surface area (Å²) < 4.78 is 2.41. The maximum absolute atomic E-state index is 4.37. The maximum atomic E-state index is 4.37. The Morgan fingerprint density at radius 2 is 2.05 bits per heavy atom. The first kappa shape index (κ1) is 14.6. The third kappa shape index (κ3) is 4.34. The van der Waals surface area contributed by atoms with E-state index >= 15 is 0 Å². The smallest absolute Gasteiger partial charge is 0.0951 e. The van der Waals surface area contributed by atoms with Crippen LogP contribution < -0.4 is 5.32 Å². The van der Waals surface area contributed by atoms with Crippen LogP contribution in [0.1, 0.15) is 71.5 Å². The minimum absolute atomic E-state index is 0.160. The lowest BCUT2D eigenvalue weighted by molar-refractivity contribution is 0.388. The molecule has 0 spiro atoms. The molecule has 1 aromatic rings. The van der Waals surface area contributed by atoms with E-state index in [2.05, 4.69) is 42.6 Å². The summed E-state index contributed by atoms with van der Waals surface area (Å²) in [5.41, 5.74) is 1.49. The van der Waals surface area contributed by atoms with Gasteiger partial charge in [-0.1, -0.05) is 19.8 Å². The van der Waals surface area contributed by atoms with Gasteiger partial charge in [0.05, 0.1) is 12.0 Å². The number of aromatic nitrogens is 2. The van der Waals surface area contributed by atoms with Crippen LogP contribution in [0, 0.1) is 5.92 Å². The van der Waals surface area contributed by atoms with Crippen LogP contribution >= 0.6 is 0 Å². The summed E-state index contributed by atoms with van der Waals surface area (Å²) in [4.78, 5) is 4.37. The monoisotopic (exact) mass is 263 g/mol. The zero-order valence-electron chi connectivity index (χ0n) is 12.9. The lowest BCUT2D eigenvalue weighted by Gasteiger charge is -2.23. The number of imidazole rings is 1. The van der Waals surface area contributed by atoms with Crippen LogP contribution in [-0.4, -0.2) is 15.1 Å². The minimum atomic E-state index is 0.160. The SMILES string of the molecule is CC1CCCC(n2cncc2CNC(C)(C)C)CC1. The fraction of sp³-hybridized carbons (Fsp3) is 0.812. The first-order valence-corrected chi connectivity index (χ1v) is 7.71. The molecule has 1 aliphatic rings. The predicted octanol–water partition coefficient (Wildman–Crippen LogP) is 3.91. The van der Waals surface area contributed by atoms with Crippen molar-refractivity contribution < 1.29 is 0 Å². The van der Waals surface area contributed by atoms with Gasteiger partial charge in [-0.05, 0) is 46.0 Å². The Bertz CT molecular complexity index is 389. The summed E-state index contributed by atoms with van der Waals surface area (Å²) >= 11 is 0. The molecule has 1 heterocycles. The summed E-state index contributed by atoms with van der Waals surface area (Å²) in [6.45, 7) is 9.93. The zero-order chi connectivity index (χ0) is 13.9. The van der Waals surface area contributed by atoms with Gasteiger partial charge in [-0.15, -0.1) is 0 Å². The van der Waals surface area contributed by atoms with Crippen molar-refractivity contribution in [1.29, 1.82) is 0 Å². The average molecular weight is 263 g/mol. The normalized spacial score (nSPS) is 25.3.